The molecule has 0 radical (unpaired) electrons. The molecule has 106 valence electrons. The first-order valence-corrected chi connectivity index (χ1v) is 7.45. The van der Waals surface area contributed by atoms with Crippen molar-refractivity contribution in [3.8, 4) is 0 Å². The Morgan fingerprint density at radius 3 is 2.60 bits per heavy atom. The highest BCUT2D eigenvalue weighted by Gasteiger charge is 2.17. The fourth-order valence-corrected chi connectivity index (χ4v) is 2.92. The number of benzene rings is 2. The Balaban J connectivity index is 2.34. The highest BCUT2D eigenvalue weighted by Crippen LogP contribution is 2.30. The Hall–Kier alpha value is -0.820. The standard InChI is InChI=1S/C14H12Br2F2N2/c15-11-5-4-9(17)6-8(11)7-13(20-19)10-2-1-3-12(18)14(10)16/h1-6,13,20H,7,19H2. The topological polar surface area (TPSA) is 38.0 Å². The molecule has 2 aromatic rings. The second-order valence-electron chi connectivity index (χ2n) is 4.30. The quantitative estimate of drug-likeness (QED) is 0.589. The largest absolute Gasteiger partial charge is 0.271 e. The van der Waals surface area contributed by atoms with Gasteiger partial charge in [0.05, 0.1) is 10.5 Å². The predicted octanol–water partition coefficient (Wildman–Crippen LogP) is 4.24. The zero-order valence-electron chi connectivity index (χ0n) is 10.3. The normalized spacial score (nSPS) is 12.4. The zero-order chi connectivity index (χ0) is 14.7. The molecule has 0 heterocycles. The van der Waals surface area contributed by atoms with Crippen molar-refractivity contribution in [3.63, 3.8) is 0 Å². The van der Waals surface area contributed by atoms with Gasteiger partial charge in [0.2, 0.25) is 0 Å². The number of nitrogens with one attached hydrogen (secondary N) is 1. The van der Waals surface area contributed by atoms with Crippen molar-refractivity contribution in [1.82, 2.24) is 5.43 Å². The van der Waals surface area contributed by atoms with Crippen LogP contribution in [0, 0.1) is 11.6 Å². The predicted molar refractivity (Wildman–Crippen MR) is 82.0 cm³/mol. The third-order valence-corrected chi connectivity index (χ3v) is 4.60. The van der Waals surface area contributed by atoms with Crippen LogP contribution in [0.5, 0.6) is 0 Å². The highest BCUT2D eigenvalue weighted by atomic mass is 79.9. The van der Waals surface area contributed by atoms with E-state index in [0.29, 0.717) is 16.5 Å². The summed E-state index contributed by atoms with van der Waals surface area (Å²) in [6.45, 7) is 0. The molecule has 0 aromatic heterocycles. The van der Waals surface area contributed by atoms with Crippen LogP contribution >= 0.6 is 31.9 Å². The molecule has 0 bridgehead atoms. The van der Waals surface area contributed by atoms with Crippen molar-refractivity contribution in [2.75, 3.05) is 0 Å². The summed E-state index contributed by atoms with van der Waals surface area (Å²) in [5.74, 6) is 4.88. The molecule has 0 saturated carbocycles. The monoisotopic (exact) mass is 404 g/mol. The van der Waals surface area contributed by atoms with E-state index in [1.165, 1.54) is 18.2 Å². The number of rotatable bonds is 4. The molecule has 1 unspecified atom stereocenters. The van der Waals surface area contributed by atoms with E-state index in [0.717, 1.165) is 10.0 Å². The molecule has 3 N–H and O–H groups in total. The molecule has 0 aliphatic heterocycles. The Bertz CT molecular complexity index is 620. The molecule has 0 spiro atoms. The van der Waals surface area contributed by atoms with Gasteiger partial charge in [0.1, 0.15) is 11.6 Å². The molecule has 1 atom stereocenters. The maximum Gasteiger partial charge on any atom is 0.137 e. The molecule has 2 nitrogen and oxygen atoms in total. The Morgan fingerprint density at radius 1 is 1.15 bits per heavy atom. The van der Waals surface area contributed by atoms with Gasteiger partial charge in [-0.25, -0.2) is 8.78 Å². The molecule has 0 fully saturated rings. The first kappa shape index (κ1) is 15.6. The number of hydrogen-bond donors (Lipinski definition) is 2. The summed E-state index contributed by atoms with van der Waals surface area (Å²) in [7, 11) is 0. The minimum absolute atomic E-state index is 0.322. The van der Waals surface area contributed by atoms with Crippen molar-refractivity contribution in [1.29, 1.82) is 0 Å². The first-order valence-electron chi connectivity index (χ1n) is 5.87. The van der Waals surface area contributed by atoms with E-state index in [1.54, 1.807) is 18.2 Å². The van der Waals surface area contributed by atoms with Crippen LogP contribution in [0.25, 0.3) is 0 Å². The summed E-state index contributed by atoms with van der Waals surface area (Å²) in [5, 5.41) is 0. The van der Waals surface area contributed by atoms with Crippen LogP contribution in [-0.4, -0.2) is 0 Å². The van der Waals surface area contributed by atoms with Gasteiger partial charge >= 0.3 is 0 Å². The van der Waals surface area contributed by atoms with Gasteiger partial charge in [-0.3, -0.25) is 11.3 Å². The van der Waals surface area contributed by atoms with Gasteiger partial charge in [0, 0.05) is 4.47 Å². The lowest BCUT2D eigenvalue weighted by atomic mass is 9.99. The summed E-state index contributed by atoms with van der Waals surface area (Å²) in [5.41, 5.74) is 4.08. The molecular formula is C14H12Br2F2N2. The number of hydrazine groups is 1. The number of nitrogens with two attached hydrogens (primary N) is 1. The molecule has 20 heavy (non-hydrogen) atoms. The summed E-state index contributed by atoms with van der Waals surface area (Å²) < 4.78 is 28.0. The van der Waals surface area contributed by atoms with Crippen LogP contribution in [0.2, 0.25) is 0 Å². The maximum atomic E-state index is 13.6. The van der Waals surface area contributed by atoms with E-state index in [2.05, 4.69) is 37.3 Å². The third kappa shape index (κ3) is 3.44. The van der Waals surface area contributed by atoms with Crippen molar-refractivity contribution in [3.05, 3.63) is 68.1 Å². The van der Waals surface area contributed by atoms with Gasteiger partial charge in [-0.1, -0.05) is 28.1 Å². The SMILES string of the molecule is NNC(Cc1cc(F)ccc1Br)c1cccc(F)c1Br. The lowest BCUT2D eigenvalue weighted by molar-refractivity contribution is 0.537. The minimum Gasteiger partial charge on any atom is -0.271 e. The average Bonchev–Trinajstić information content (AvgIpc) is 2.43. The van der Waals surface area contributed by atoms with Crippen LogP contribution < -0.4 is 11.3 Å². The van der Waals surface area contributed by atoms with Crippen molar-refractivity contribution < 1.29 is 8.78 Å². The number of halogens is 4. The highest BCUT2D eigenvalue weighted by molar-refractivity contribution is 9.10. The van der Waals surface area contributed by atoms with E-state index in [-0.39, 0.29) is 17.7 Å². The van der Waals surface area contributed by atoms with Gasteiger partial charge in [0.25, 0.3) is 0 Å². The van der Waals surface area contributed by atoms with Crippen molar-refractivity contribution >= 4 is 31.9 Å². The van der Waals surface area contributed by atoms with E-state index >= 15 is 0 Å². The Kier molecular flexibility index (Phi) is 5.26. The summed E-state index contributed by atoms with van der Waals surface area (Å²) >= 11 is 6.58. The van der Waals surface area contributed by atoms with Crippen LogP contribution in [0.1, 0.15) is 17.2 Å². The van der Waals surface area contributed by atoms with E-state index in [9.17, 15) is 8.78 Å². The van der Waals surface area contributed by atoms with Crippen LogP contribution in [-0.2, 0) is 6.42 Å². The maximum absolute atomic E-state index is 13.6. The molecule has 2 rings (SSSR count). The fourth-order valence-electron chi connectivity index (χ4n) is 1.97. The van der Waals surface area contributed by atoms with Crippen LogP contribution in [0.15, 0.2) is 45.3 Å². The smallest absolute Gasteiger partial charge is 0.137 e. The molecule has 0 aliphatic rings. The zero-order valence-corrected chi connectivity index (χ0v) is 13.5. The van der Waals surface area contributed by atoms with E-state index in [4.69, 9.17) is 5.84 Å². The first-order chi connectivity index (χ1) is 9.52. The van der Waals surface area contributed by atoms with Gasteiger partial charge in [-0.05, 0) is 57.7 Å². The van der Waals surface area contributed by atoms with Crippen molar-refractivity contribution in [2.24, 2.45) is 5.84 Å². The van der Waals surface area contributed by atoms with E-state index < -0.39 is 0 Å². The van der Waals surface area contributed by atoms with Gasteiger partial charge < -0.3 is 0 Å². The van der Waals surface area contributed by atoms with Gasteiger partial charge in [0.15, 0.2) is 0 Å². The molecule has 0 saturated heterocycles. The van der Waals surface area contributed by atoms with Gasteiger partial charge in [-0.15, -0.1) is 0 Å². The molecule has 2 aromatic carbocycles. The molecule has 0 aliphatic carbocycles. The second kappa shape index (κ2) is 6.76. The van der Waals surface area contributed by atoms with E-state index in [1.807, 2.05) is 0 Å². The summed E-state index contributed by atoms with van der Waals surface area (Å²) in [6.07, 6.45) is 0.427. The van der Waals surface area contributed by atoms with Gasteiger partial charge in [-0.2, -0.15) is 0 Å². The summed E-state index contributed by atoms with van der Waals surface area (Å²) in [4.78, 5) is 0. The van der Waals surface area contributed by atoms with Crippen LogP contribution in [0.3, 0.4) is 0 Å². The second-order valence-corrected chi connectivity index (χ2v) is 5.95. The fraction of sp³-hybridized carbons (Fsp3) is 0.143. The van der Waals surface area contributed by atoms with Crippen molar-refractivity contribution in [2.45, 2.75) is 12.5 Å². The minimum atomic E-state index is -0.360. The molecular weight excluding hydrogens is 394 g/mol. The molecule has 0 amide bonds. The third-order valence-electron chi connectivity index (χ3n) is 2.99. The van der Waals surface area contributed by atoms with Crippen LogP contribution in [0.4, 0.5) is 8.78 Å². The Morgan fingerprint density at radius 2 is 1.90 bits per heavy atom. The lowest BCUT2D eigenvalue weighted by Gasteiger charge is -2.19. The summed E-state index contributed by atoms with van der Waals surface area (Å²) in [6, 6.07) is 8.85. The lowest BCUT2D eigenvalue weighted by Crippen LogP contribution is -2.30. The Labute approximate surface area is 132 Å². The number of hydrogen-bond acceptors (Lipinski definition) is 2. The average molecular weight is 406 g/mol. The molecule has 6 heteroatoms.